The summed E-state index contributed by atoms with van der Waals surface area (Å²) in [5, 5.41) is 8.91. The lowest BCUT2D eigenvalue weighted by molar-refractivity contribution is -0.146. The molecular weight excluding hydrogens is 688 g/mol. The highest BCUT2D eigenvalue weighted by Crippen LogP contribution is 2.44. The van der Waals surface area contributed by atoms with Gasteiger partial charge in [0.25, 0.3) is 0 Å². The van der Waals surface area contributed by atoms with Crippen molar-refractivity contribution in [1.29, 1.82) is 0 Å². The first kappa shape index (κ1) is 34.1. The number of nitrogens with one attached hydrogen (secondary N) is 1. The van der Waals surface area contributed by atoms with Crippen LogP contribution in [-0.2, 0) is 21.9 Å². The summed E-state index contributed by atoms with van der Waals surface area (Å²) in [4.78, 5) is 18.9. The highest BCUT2D eigenvalue weighted by Gasteiger charge is 2.37. The van der Waals surface area contributed by atoms with Crippen LogP contribution >= 0.6 is 27.7 Å². The second-order valence-electron chi connectivity index (χ2n) is 12.6. The first-order valence-electron chi connectivity index (χ1n) is 16.7. The minimum absolute atomic E-state index is 0.0864. The van der Waals surface area contributed by atoms with Gasteiger partial charge in [-0.05, 0) is 122 Å². The highest BCUT2D eigenvalue weighted by atomic mass is 79.9. The summed E-state index contributed by atoms with van der Waals surface area (Å²) in [6, 6.07) is 18.0. The molecule has 1 aliphatic heterocycles. The van der Waals surface area contributed by atoms with E-state index in [2.05, 4.69) is 66.3 Å². The molecule has 3 aromatic carbocycles. The largest absolute Gasteiger partial charge is 0.490 e. The quantitative estimate of drug-likeness (QED) is 0.121. The van der Waals surface area contributed by atoms with Crippen molar-refractivity contribution >= 4 is 39.6 Å². The van der Waals surface area contributed by atoms with E-state index in [-0.39, 0.29) is 12.1 Å². The lowest BCUT2D eigenvalue weighted by Gasteiger charge is -2.30. The fourth-order valence-corrected chi connectivity index (χ4v) is 7.72. The number of rotatable bonds is 11. The molecule has 0 saturated heterocycles. The molecule has 2 heterocycles. The Morgan fingerprint density at radius 1 is 0.979 bits per heavy atom. The van der Waals surface area contributed by atoms with Gasteiger partial charge >= 0.3 is 5.97 Å². The topological polar surface area (TPSA) is 87.5 Å². The number of benzene rings is 3. The number of hydrogen-bond acceptors (Lipinski definition) is 8. The van der Waals surface area contributed by atoms with E-state index in [4.69, 9.17) is 24.3 Å². The second-order valence-corrected chi connectivity index (χ2v) is 14.4. The van der Waals surface area contributed by atoms with Gasteiger partial charge in [-0.2, -0.15) is 4.98 Å². The third kappa shape index (κ3) is 7.60. The number of halogens is 1. The van der Waals surface area contributed by atoms with Gasteiger partial charge in [-0.1, -0.05) is 60.6 Å². The number of esters is 1. The van der Waals surface area contributed by atoms with Gasteiger partial charge in [-0.25, -0.2) is 9.48 Å². The van der Waals surface area contributed by atoms with Gasteiger partial charge in [0.05, 0.1) is 16.7 Å². The number of nitrogens with zero attached hydrogens (tertiary/aromatic N) is 3. The summed E-state index contributed by atoms with van der Waals surface area (Å²) in [7, 11) is 0. The number of fused-ring (bicyclic) bond motifs is 1. The Morgan fingerprint density at radius 2 is 1.73 bits per heavy atom. The van der Waals surface area contributed by atoms with Crippen LogP contribution in [0.4, 0.5) is 5.95 Å². The van der Waals surface area contributed by atoms with Crippen LogP contribution in [0.5, 0.6) is 11.5 Å². The van der Waals surface area contributed by atoms with Gasteiger partial charge in [0, 0.05) is 11.4 Å². The number of aryl methyl sites for hydroxylation is 3. The zero-order valence-corrected chi connectivity index (χ0v) is 30.7. The molecule has 1 unspecified atom stereocenters. The van der Waals surface area contributed by atoms with Crippen LogP contribution < -0.4 is 14.8 Å². The van der Waals surface area contributed by atoms with E-state index in [1.165, 1.54) is 28.7 Å². The predicted octanol–water partition coefficient (Wildman–Crippen LogP) is 9.40. The number of allylic oxidation sites excluding steroid dienone is 1. The lowest BCUT2D eigenvalue weighted by atomic mass is 9.94. The monoisotopic (exact) mass is 730 g/mol. The standard InChI is InChI=1S/C38H43BrN4O4S/c1-6-45-32-20-28(19-31(39)35(32)46-21-29-18-24(3)23(2)17-25(29)4)34-33(36(44)47-30-15-11-8-12-16-30)26(5)40-37-41-38(42-43(34)37)48-22-27-13-9-7-10-14-27/h7,9-10,13-14,17-20,30,34H,6,8,11-12,15-16,21-22H2,1-5H3,(H,40,41,42). The molecule has 8 nitrogen and oxygen atoms in total. The number of anilines is 1. The Morgan fingerprint density at radius 3 is 2.48 bits per heavy atom. The molecule has 4 aromatic rings. The summed E-state index contributed by atoms with van der Waals surface area (Å²) in [5.41, 5.74) is 7.98. The minimum Gasteiger partial charge on any atom is -0.490 e. The molecule has 6 rings (SSSR count). The molecule has 48 heavy (non-hydrogen) atoms. The van der Waals surface area contributed by atoms with Gasteiger partial charge < -0.3 is 19.5 Å². The molecule has 1 aliphatic carbocycles. The van der Waals surface area contributed by atoms with Crippen LogP contribution in [0, 0.1) is 20.8 Å². The van der Waals surface area contributed by atoms with Crippen LogP contribution in [0.3, 0.4) is 0 Å². The Labute approximate surface area is 295 Å². The fourth-order valence-electron chi connectivity index (χ4n) is 6.36. The summed E-state index contributed by atoms with van der Waals surface area (Å²) in [6.45, 7) is 11.0. The summed E-state index contributed by atoms with van der Waals surface area (Å²) < 4.78 is 21.3. The number of thioether (sulfide) groups is 1. The molecule has 0 amide bonds. The molecule has 2 aliphatic rings. The molecule has 0 bridgehead atoms. The van der Waals surface area contributed by atoms with Gasteiger partial charge in [-0.15, -0.1) is 5.10 Å². The van der Waals surface area contributed by atoms with Crippen molar-refractivity contribution in [2.24, 2.45) is 0 Å². The number of ether oxygens (including phenoxy) is 3. The van der Waals surface area contributed by atoms with Crippen LogP contribution in [0.1, 0.15) is 85.4 Å². The van der Waals surface area contributed by atoms with Crippen molar-refractivity contribution in [2.45, 2.75) is 96.4 Å². The minimum atomic E-state index is -0.595. The van der Waals surface area contributed by atoms with Crippen LogP contribution in [-0.4, -0.2) is 33.4 Å². The Balaban J connectivity index is 1.36. The predicted molar refractivity (Wildman–Crippen MR) is 194 cm³/mol. The number of carbonyl (C=O) groups is 1. The highest BCUT2D eigenvalue weighted by molar-refractivity contribution is 9.10. The second kappa shape index (κ2) is 15.2. The number of hydrogen-bond donors (Lipinski definition) is 1. The van der Waals surface area contributed by atoms with E-state index in [1.807, 2.05) is 44.2 Å². The molecule has 1 saturated carbocycles. The van der Waals surface area contributed by atoms with Crippen LogP contribution in [0.15, 0.2) is 75.5 Å². The SMILES string of the molecule is CCOc1cc(C2C(C(=O)OC3CCCCC3)=C(C)Nc3nc(SCc4ccccc4)nn32)cc(Br)c1OCc1cc(C)c(C)cc1C. The maximum Gasteiger partial charge on any atom is 0.338 e. The third-order valence-electron chi connectivity index (χ3n) is 9.06. The molecule has 0 spiro atoms. The fraction of sp³-hybridized carbons (Fsp3) is 0.395. The molecule has 1 aromatic heterocycles. The van der Waals surface area contributed by atoms with Crippen LogP contribution in [0.2, 0.25) is 0 Å². The average molecular weight is 732 g/mol. The normalized spacial score (nSPS) is 16.3. The number of carbonyl (C=O) groups excluding carboxylic acids is 1. The van der Waals surface area contributed by atoms with E-state index in [1.54, 1.807) is 16.4 Å². The van der Waals surface area contributed by atoms with Gasteiger partial charge in [-0.3, -0.25) is 0 Å². The molecule has 0 radical (unpaired) electrons. The lowest BCUT2D eigenvalue weighted by Crippen LogP contribution is -2.32. The first-order valence-corrected chi connectivity index (χ1v) is 18.5. The molecular formula is C38H43BrN4O4S. The van der Waals surface area contributed by atoms with Crippen LogP contribution in [0.25, 0.3) is 0 Å². The summed E-state index contributed by atoms with van der Waals surface area (Å²) in [5.74, 6) is 2.15. The maximum absolute atomic E-state index is 14.0. The smallest absolute Gasteiger partial charge is 0.338 e. The molecule has 1 N–H and O–H groups in total. The van der Waals surface area contributed by atoms with Gasteiger partial charge in [0.15, 0.2) is 11.5 Å². The molecule has 252 valence electrons. The Kier molecular flexibility index (Phi) is 10.8. The van der Waals surface area contributed by atoms with E-state index in [0.717, 1.165) is 47.0 Å². The van der Waals surface area contributed by atoms with E-state index in [0.29, 0.717) is 47.1 Å². The van der Waals surface area contributed by atoms with E-state index >= 15 is 0 Å². The summed E-state index contributed by atoms with van der Waals surface area (Å²) in [6.07, 6.45) is 5.00. The van der Waals surface area contributed by atoms with Gasteiger partial charge in [0.2, 0.25) is 11.1 Å². The van der Waals surface area contributed by atoms with Crippen molar-refractivity contribution in [2.75, 3.05) is 11.9 Å². The number of aromatic nitrogens is 3. The zero-order chi connectivity index (χ0) is 33.8. The average Bonchev–Trinajstić information content (AvgIpc) is 3.48. The van der Waals surface area contributed by atoms with Crippen molar-refractivity contribution in [1.82, 2.24) is 14.8 Å². The molecule has 10 heteroatoms. The summed E-state index contributed by atoms with van der Waals surface area (Å²) >= 11 is 5.35. The van der Waals surface area contributed by atoms with Crippen molar-refractivity contribution in [3.63, 3.8) is 0 Å². The first-order chi connectivity index (χ1) is 23.2. The molecule has 1 fully saturated rings. The third-order valence-corrected chi connectivity index (χ3v) is 10.6. The molecule has 1 atom stereocenters. The maximum atomic E-state index is 14.0. The van der Waals surface area contributed by atoms with Crippen molar-refractivity contribution in [3.05, 3.63) is 104 Å². The Hall–Kier alpha value is -3.76. The van der Waals surface area contributed by atoms with Crippen molar-refractivity contribution in [3.8, 4) is 11.5 Å². The van der Waals surface area contributed by atoms with E-state index in [9.17, 15) is 4.79 Å². The Bertz CT molecular complexity index is 1820. The van der Waals surface area contributed by atoms with E-state index < -0.39 is 6.04 Å². The van der Waals surface area contributed by atoms with Crippen molar-refractivity contribution < 1.29 is 19.0 Å². The zero-order valence-electron chi connectivity index (χ0n) is 28.3. The van der Waals surface area contributed by atoms with Gasteiger partial charge in [0.1, 0.15) is 18.8 Å².